The molecule has 1 rings (SSSR count). The van der Waals surface area contributed by atoms with Gasteiger partial charge >= 0.3 is 0 Å². The summed E-state index contributed by atoms with van der Waals surface area (Å²) in [5.41, 5.74) is 0. The van der Waals surface area contributed by atoms with Crippen molar-refractivity contribution in [2.24, 2.45) is 0 Å². The average molecular weight is 199 g/mol. The second-order valence-electron chi connectivity index (χ2n) is 4.35. The topological polar surface area (TPSA) is 23.5 Å². The van der Waals surface area contributed by atoms with Gasteiger partial charge in [0.05, 0.1) is 6.61 Å². The molecule has 1 saturated carbocycles. The van der Waals surface area contributed by atoms with Gasteiger partial charge in [-0.05, 0) is 19.4 Å². The molecule has 0 amide bonds. The Kier molecular flexibility index (Phi) is 6.20. The molecule has 1 fully saturated rings. The van der Waals surface area contributed by atoms with E-state index in [1.807, 2.05) is 0 Å². The predicted molar refractivity (Wildman–Crippen MR) is 60.4 cm³/mol. The van der Waals surface area contributed by atoms with Crippen LogP contribution < -0.4 is 0 Å². The van der Waals surface area contributed by atoms with Crippen LogP contribution in [0, 0.1) is 0 Å². The van der Waals surface area contributed by atoms with Crippen molar-refractivity contribution >= 4 is 0 Å². The number of rotatable bonds is 4. The molecule has 0 bridgehead atoms. The number of aliphatic hydroxyl groups excluding tert-OH is 1. The summed E-state index contributed by atoms with van der Waals surface area (Å²) in [6, 6.07) is 0.743. The number of aliphatic hydroxyl groups is 1. The number of likely N-dealkylation sites (N-methyl/N-ethyl adjacent to an activating group) is 1. The molecule has 0 heterocycles. The highest BCUT2D eigenvalue weighted by atomic mass is 16.3. The van der Waals surface area contributed by atoms with Crippen molar-refractivity contribution in [2.75, 3.05) is 19.7 Å². The van der Waals surface area contributed by atoms with Gasteiger partial charge in [-0.15, -0.1) is 0 Å². The molecule has 1 aliphatic rings. The van der Waals surface area contributed by atoms with E-state index < -0.39 is 0 Å². The Bertz CT molecular complexity index is 130. The van der Waals surface area contributed by atoms with Crippen LogP contribution in [0.4, 0.5) is 0 Å². The summed E-state index contributed by atoms with van der Waals surface area (Å²) >= 11 is 0. The highest BCUT2D eigenvalue weighted by molar-refractivity contribution is 4.72. The van der Waals surface area contributed by atoms with Gasteiger partial charge in [0.2, 0.25) is 0 Å². The highest BCUT2D eigenvalue weighted by Gasteiger charge is 2.17. The molecular weight excluding hydrogens is 174 g/mol. The summed E-state index contributed by atoms with van der Waals surface area (Å²) in [5, 5.41) is 8.98. The molecule has 0 aliphatic heterocycles. The molecule has 84 valence electrons. The summed E-state index contributed by atoms with van der Waals surface area (Å²) in [5.74, 6) is 0. The van der Waals surface area contributed by atoms with Gasteiger partial charge in [-0.1, -0.05) is 39.0 Å². The zero-order chi connectivity index (χ0) is 10.2. The lowest BCUT2D eigenvalue weighted by atomic mass is 9.95. The maximum Gasteiger partial charge on any atom is 0.0558 e. The second kappa shape index (κ2) is 7.24. The van der Waals surface area contributed by atoms with E-state index in [4.69, 9.17) is 5.11 Å². The molecule has 0 unspecified atom stereocenters. The maximum atomic E-state index is 8.98. The molecule has 14 heavy (non-hydrogen) atoms. The molecule has 0 saturated heterocycles. The standard InChI is InChI=1S/C12H25NO/c1-2-13(10-11-14)12-8-6-4-3-5-7-9-12/h12,14H,2-11H2,1H3. The molecule has 0 aromatic heterocycles. The highest BCUT2D eigenvalue weighted by Crippen LogP contribution is 2.20. The van der Waals surface area contributed by atoms with Crippen LogP contribution in [-0.2, 0) is 0 Å². The van der Waals surface area contributed by atoms with Gasteiger partial charge in [-0.2, -0.15) is 0 Å². The van der Waals surface area contributed by atoms with Crippen LogP contribution >= 0.6 is 0 Å². The molecule has 0 atom stereocenters. The van der Waals surface area contributed by atoms with Crippen molar-refractivity contribution in [3.63, 3.8) is 0 Å². The minimum atomic E-state index is 0.310. The largest absolute Gasteiger partial charge is 0.395 e. The summed E-state index contributed by atoms with van der Waals surface area (Å²) in [6.07, 6.45) is 9.69. The normalized spacial score (nSPS) is 20.8. The minimum absolute atomic E-state index is 0.310. The number of hydrogen-bond donors (Lipinski definition) is 1. The Balaban J connectivity index is 2.35. The molecule has 1 aliphatic carbocycles. The van der Waals surface area contributed by atoms with Crippen LogP contribution in [-0.4, -0.2) is 35.7 Å². The van der Waals surface area contributed by atoms with Crippen molar-refractivity contribution in [1.82, 2.24) is 4.90 Å². The van der Waals surface area contributed by atoms with E-state index in [0.29, 0.717) is 6.61 Å². The summed E-state index contributed by atoms with van der Waals surface area (Å²) in [4.78, 5) is 2.45. The van der Waals surface area contributed by atoms with E-state index in [1.165, 1.54) is 44.9 Å². The molecule has 0 aromatic rings. The Morgan fingerprint density at radius 2 is 1.64 bits per heavy atom. The molecule has 2 nitrogen and oxygen atoms in total. The van der Waals surface area contributed by atoms with Gasteiger partial charge in [0.1, 0.15) is 0 Å². The minimum Gasteiger partial charge on any atom is -0.395 e. The fourth-order valence-electron chi connectivity index (χ4n) is 2.53. The van der Waals surface area contributed by atoms with Gasteiger partial charge in [-0.3, -0.25) is 4.90 Å². The number of nitrogens with zero attached hydrogens (tertiary/aromatic N) is 1. The van der Waals surface area contributed by atoms with Crippen molar-refractivity contribution in [2.45, 2.75) is 57.9 Å². The summed E-state index contributed by atoms with van der Waals surface area (Å²) < 4.78 is 0. The maximum absolute atomic E-state index is 8.98. The molecule has 0 radical (unpaired) electrons. The molecule has 2 heteroatoms. The number of hydrogen-bond acceptors (Lipinski definition) is 2. The van der Waals surface area contributed by atoms with E-state index in [-0.39, 0.29) is 0 Å². The summed E-state index contributed by atoms with van der Waals surface area (Å²) in [6.45, 7) is 4.46. The Morgan fingerprint density at radius 1 is 1.07 bits per heavy atom. The van der Waals surface area contributed by atoms with E-state index in [1.54, 1.807) is 0 Å². The monoisotopic (exact) mass is 199 g/mol. The van der Waals surface area contributed by atoms with Crippen molar-refractivity contribution < 1.29 is 5.11 Å². The Labute approximate surface area is 88.3 Å². The lowest BCUT2D eigenvalue weighted by Crippen LogP contribution is -2.37. The fourth-order valence-corrected chi connectivity index (χ4v) is 2.53. The van der Waals surface area contributed by atoms with E-state index in [0.717, 1.165) is 19.1 Å². The van der Waals surface area contributed by atoms with Crippen LogP contribution in [0.2, 0.25) is 0 Å². The zero-order valence-corrected chi connectivity index (χ0v) is 9.54. The summed E-state index contributed by atoms with van der Waals surface area (Å²) in [7, 11) is 0. The Hall–Kier alpha value is -0.0800. The van der Waals surface area contributed by atoms with Crippen molar-refractivity contribution in [1.29, 1.82) is 0 Å². The lowest BCUT2D eigenvalue weighted by Gasteiger charge is -2.31. The first-order chi connectivity index (χ1) is 6.88. The van der Waals surface area contributed by atoms with Crippen LogP contribution in [0.25, 0.3) is 0 Å². The van der Waals surface area contributed by atoms with Gasteiger partial charge in [0.25, 0.3) is 0 Å². The van der Waals surface area contributed by atoms with Crippen LogP contribution in [0.1, 0.15) is 51.9 Å². The van der Waals surface area contributed by atoms with Crippen molar-refractivity contribution in [3.05, 3.63) is 0 Å². The lowest BCUT2D eigenvalue weighted by molar-refractivity contribution is 0.137. The fraction of sp³-hybridized carbons (Fsp3) is 1.00. The smallest absolute Gasteiger partial charge is 0.0558 e. The van der Waals surface area contributed by atoms with E-state index >= 15 is 0 Å². The molecule has 0 aromatic carbocycles. The van der Waals surface area contributed by atoms with Gasteiger partial charge in [-0.25, -0.2) is 0 Å². The third-order valence-electron chi connectivity index (χ3n) is 3.38. The average Bonchev–Trinajstić information content (AvgIpc) is 2.15. The van der Waals surface area contributed by atoms with Crippen LogP contribution in [0.5, 0.6) is 0 Å². The van der Waals surface area contributed by atoms with Gasteiger partial charge in [0, 0.05) is 12.6 Å². The predicted octanol–water partition coefficient (Wildman–Crippen LogP) is 2.41. The zero-order valence-electron chi connectivity index (χ0n) is 9.54. The Morgan fingerprint density at radius 3 is 2.14 bits per heavy atom. The molecule has 0 spiro atoms. The van der Waals surface area contributed by atoms with Crippen molar-refractivity contribution in [3.8, 4) is 0 Å². The second-order valence-corrected chi connectivity index (χ2v) is 4.35. The van der Waals surface area contributed by atoms with Crippen LogP contribution in [0.15, 0.2) is 0 Å². The van der Waals surface area contributed by atoms with Gasteiger partial charge < -0.3 is 5.11 Å². The first-order valence-electron chi connectivity index (χ1n) is 6.23. The van der Waals surface area contributed by atoms with E-state index in [2.05, 4.69) is 11.8 Å². The van der Waals surface area contributed by atoms with Crippen LogP contribution in [0.3, 0.4) is 0 Å². The third-order valence-corrected chi connectivity index (χ3v) is 3.38. The molecule has 1 N–H and O–H groups in total. The SMILES string of the molecule is CCN(CCO)C1CCCCCCC1. The first-order valence-corrected chi connectivity index (χ1v) is 6.23. The third kappa shape index (κ3) is 3.97. The van der Waals surface area contributed by atoms with E-state index in [9.17, 15) is 0 Å². The molecular formula is C12H25NO. The van der Waals surface area contributed by atoms with Gasteiger partial charge in [0.15, 0.2) is 0 Å². The quantitative estimate of drug-likeness (QED) is 0.751. The first kappa shape index (κ1) is 12.0.